The van der Waals surface area contributed by atoms with E-state index in [2.05, 4.69) is 0 Å². The zero-order chi connectivity index (χ0) is 7.78. The molecule has 0 atom stereocenters. The van der Waals surface area contributed by atoms with Gasteiger partial charge in [-0.2, -0.15) is 0 Å². The van der Waals surface area contributed by atoms with Gasteiger partial charge in [0, 0.05) is 19.6 Å². The van der Waals surface area contributed by atoms with E-state index in [-0.39, 0.29) is 5.91 Å². The van der Waals surface area contributed by atoms with Crippen molar-refractivity contribution in [1.82, 2.24) is 4.90 Å². The van der Waals surface area contributed by atoms with Crippen molar-refractivity contribution in [3.8, 4) is 0 Å². The molecule has 1 aliphatic rings. The van der Waals surface area contributed by atoms with Crippen molar-refractivity contribution in [2.24, 2.45) is 16.9 Å². The molecular formula is C6H13N3O. The fourth-order valence-corrected chi connectivity index (χ4v) is 1.37. The fourth-order valence-electron chi connectivity index (χ4n) is 1.37. The van der Waals surface area contributed by atoms with E-state index in [1.165, 1.54) is 0 Å². The monoisotopic (exact) mass is 143 g/mol. The number of carbonyl (C=O) groups is 1. The van der Waals surface area contributed by atoms with Crippen LogP contribution in [-0.4, -0.2) is 37.5 Å². The number of nitrogens with zero attached hydrogens (tertiary/aromatic N) is 1. The molecule has 0 aliphatic carbocycles. The average Bonchev–Trinajstić information content (AvgIpc) is 1.79. The molecule has 1 aliphatic heterocycles. The first kappa shape index (κ1) is 7.50. The van der Waals surface area contributed by atoms with E-state index >= 15 is 0 Å². The van der Waals surface area contributed by atoms with Crippen LogP contribution in [0.4, 0.5) is 0 Å². The Kier molecular flexibility index (Phi) is 1.66. The predicted octanol–water partition coefficient (Wildman–Crippen LogP) is -1.64. The van der Waals surface area contributed by atoms with Crippen LogP contribution >= 0.6 is 0 Å². The number of amides is 1. The molecule has 10 heavy (non-hydrogen) atoms. The van der Waals surface area contributed by atoms with Crippen molar-refractivity contribution in [3.05, 3.63) is 0 Å². The van der Waals surface area contributed by atoms with Crippen molar-refractivity contribution in [3.63, 3.8) is 0 Å². The van der Waals surface area contributed by atoms with Gasteiger partial charge in [0.2, 0.25) is 5.91 Å². The molecule has 4 N–H and O–H groups in total. The van der Waals surface area contributed by atoms with Crippen LogP contribution in [0.2, 0.25) is 0 Å². The molecule has 0 aromatic heterocycles. The summed E-state index contributed by atoms with van der Waals surface area (Å²) in [5.41, 5.74) is 10.1. The number of likely N-dealkylation sites (tertiary alicyclic amines) is 1. The Labute approximate surface area is 60.2 Å². The summed E-state index contributed by atoms with van der Waals surface area (Å²) in [7, 11) is 1.94. The second kappa shape index (κ2) is 2.21. The highest BCUT2D eigenvalue weighted by atomic mass is 16.1. The van der Waals surface area contributed by atoms with E-state index in [0.717, 1.165) is 0 Å². The molecule has 4 heteroatoms. The molecule has 1 rings (SSSR count). The van der Waals surface area contributed by atoms with E-state index in [1.807, 2.05) is 11.9 Å². The summed E-state index contributed by atoms with van der Waals surface area (Å²) in [4.78, 5) is 12.8. The Morgan fingerprint density at radius 3 is 2.30 bits per heavy atom. The Bertz CT molecular complexity index is 151. The summed E-state index contributed by atoms with van der Waals surface area (Å²) in [6, 6.07) is 0. The molecule has 0 aromatic rings. The Balaban J connectivity index is 2.56. The van der Waals surface area contributed by atoms with Crippen LogP contribution in [-0.2, 0) is 4.79 Å². The highest BCUT2D eigenvalue weighted by molar-refractivity contribution is 5.82. The molecule has 0 spiro atoms. The van der Waals surface area contributed by atoms with Gasteiger partial charge in [-0.3, -0.25) is 4.79 Å². The van der Waals surface area contributed by atoms with Crippen LogP contribution < -0.4 is 11.5 Å². The van der Waals surface area contributed by atoms with E-state index in [1.54, 1.807) is 0 Å². The zero-order valence-corrected chi connectivity index (χ0v) is 6.13. The topological polar surface area (TPSA) is 72.3 Å². The SMILES string of the molecule is CN1CC(CN)(C(N)=O)C1. The maximum atomic E-state index is 10.8. The predicted molar refractivity (Wildman–Crippen MR) is 38.2 cm³/mol. The largest absolute Gasteiger partial charge is 0.369 e. The maximum absolute atomic E-state index is 10.8. The van der Waals surface area contributed by atoms with Gasteiger partial charge in [0.1, 0.15) is 0 Å². The van der Waals surface area contributed by atoms with E-state index in [9.17, 15) is 4.79 Å². The quantitative estimate of drug-likeness (QED) is 0.487. The lowest BCUT2D eigenvalue weighted by atomic mass is 9.79. The van der Waals surface area contributed by atoms with Crippen molar-refractivity contribution < 1.29 is 4.79 Å². The standard InChI is InChI=1S/C6H13N3O/c1-9-3-6(2-7,4-9)5(8)10/h2-4,7H2,1H3,(H2,8,10). The molecule has 1 heterocycles. The van der Waals surface area contributed by atoms with E-state index in [4.69, 9.17) is 11.5 Å². The van der Waals surface area contributed by atoms with Gasteiger partial charge in [0.15, 0.2) is 0 Å². The summed E-state index contributed by atoms with van der Waals surface area (Å²) in [6.45, 7) is 1.78. The normalized spacial score (nSPS) is 23.8. The number of nitrogens with two attached hydrogens (primary N) is 2. The van der Waals surface area contributed by atoms with Crippen LogP contribution in [0.15, 0.2) is 0 Å². The second-order valence-electron chi connectivity index (χ2n) is 3.02. The minimum atomic E-state index is -0.422. The van der Waals surface area contributed by atoms with Crippen LogP contribution in [0.1, 0.15) is 0 Å². The smallest absolute Gasteiger partial charge is 0.227 e. The molecule has 0 bridgehead atoms. The number of rotatable bonds is 2. The summed E-state index contributed by atoms with van der Waals surface area (Å²) in [5, 5.41) is 0. The van der Waals surface area contributed by atoms with Crippen molar-refractivity contribution in [1.29, 1.82) is 0 Å². The van der Waals surface area contributed by atoms with Gasteiger partial charge < -0.3 is 16.4 Å². The lowest BCUT2D eigenvalue weighted by molar-refractivity contribution is -0.135. The van der Waals surface area contributed by atoms with Gasteiger partial charge in [-0.15, -0.1) is 0 Å². The minimum absolute atomic E-state index is 0.270. The molecular weight excluding hydrogens is 130 g/mol. The number of primary amides is 1. The first-order valence-electron chi connectivity index (χ1n) is 3.29. The number of carbonyl (C=O) groups excluding carboxylic acids is 1. The zero-order valence-electron chi connectivity index (χ0n) is 6.13. The van der Waals surface area contributed by atoms with Crippen molar-refractivity contribution in [2.45, 2.75) is 0 Å². The van der Waals surface area contributed by atoms with E-state index < -0.39 is 5.41 Å². The van der Waals surface area contributed by atoms with Gasteiger partial charge in [-0.1, -0.05) is 0 Å². The highest BCUT2D eigenvalue weighted by Crippen LogP contribution is 2.26. The first-order chi connectivity index (χ1) is 4.60. The van der Waals surface area contributed by atoms with Crippen LogP contribution in [0.5, 0.6) is 0 Å². The first-order valence-corrected chi connectivity index (χ1v) is 3.29. The number of hydrogen-bond acceptors (Lipinski definition) is 3. The van der Waals surface area contributed by atoms with Crippen molar-refractivity contribution >= 4 is 5.91 Å². The maximum Gasteiger partial charge on any atom is 0.227 e. The molecule has 0 unspecified atom stereocenters. The summed E-state index contributed by atoms with van der Waals surface area (Å²) >= 11 is 0. The third-order valence-electron chi connectivity index (χ3n) is 2.06. The third kappa shape index (κ3) is 0.892. The van der Waals surface area contributed by atoms with E-state index in [0.29, 0.717) is 19.6 Å². The Morgan fingerprint density at radius 2 is 2.20 bits per heavy atom. The lowest BCUT2D eigenvalue weighted by Crippen LogP contribution is -2.64. The molecule has 0 saturated carbocycles. The Hall–Kier alpha value is -0.610. The molecule has 4 nitrogen and oxygen atoms in total. The molecule has 58 valence electrons. The minimum Gasteiger partial charge on any atom is -0.369 e. The second-order valence-corrected chi connectivity index (χ2v) is 3.02. The van der Waals surface area contributed by atoms with Crippen LogP contribution in [0.25, 0.3) is 0 Å². The number of hydrogen-bond donors (Lipinski definition) is 2. The van der Waals surface area contributed by atoms with Gasteiger partial charge in [-0.05, 0) is 7.05 Å². The average molecular weight is 143 g/mol. The van der Waals surface area contributed by atoms with Gasteiger partial charge in [0.05, 0.1) is 5.41 Å². The Morgan fingerprint density at radius 1 is 1.70 bits per heavy atom. The van der Waals surface area contributed by atoms with Crippen molar-refractivity contribution in [2.75, 3.05) is 26.7 Å². The molecule has 1 amide bonds. The summed E-state index contributed by atoms with van der Waals surface area (Å²) < 4.78 is 0. The molecule has 0 aromatic carbocycles. The van der Waals surface area contributed by atoms with Crippen LogP contribution in [0.3, 0.4) is 0 Å². The van der Waals surface area contributed by atoms with Gasteiger partial charge >= 0.3 is 0 Å². The molecule has 0 radical (unpaired) electrons. The summed E-state index contributed by atoms with van der Waals surface area (Å²) in [5.74, 6) is -0.270. The van der Waals surface area contributed by atoms with Gasteiger partial charge in [-0.25, -0.2) is 0 Å². The molecule has 1 saturated heterocycles. The third-order valence-corrected chi connectivity index (χ3v) is 2.06. The van der Waals surface area contributed by atoms with Gasteiger partial charge in [0.25, 0.3) is 0 Å². The highest BCUT2D eigenvalue weighted by Gasteiger charge is 2.44. The fraction of sp³-hybridized carbons (Fsp3) is 0.833. The lowest BCUT2D eigenvalue weighted by Gasteiger charge is -2.45. The van der Waals surface area contributed by atoms with Crippen LogP contribution in [0, 0.1) is 5.41 Å². The molecule has 1 fully saturated rings. The summed E-state index contributed by atoms with van der Waals surface area (Å²) in [6.07, 6.45) is 0.